The fourth-order valence-electron chi connectivity index (χ4n) is 2.38. The highest BCUT2D eigenvalue weighted by Crippen LogP contribution is 2.35. The molecule has 84 valence electrons. The van der Waals surface area contributed by atoms with Crippen LogP contribution >= 0.6 is 0 Å². The molecule has 2 aromatic carbocycles. The molecule has 0 aromatic heterocycles. The van der Waals surface area contributed by atoms with Gasteiger partial charge < -0.3 is 4.74 Å². The molecule has 3 rings (SSSR count). The van der Waals surface area contributed by atoms with Gasteiger partial charge in [-0.25, -0.2) is 0 Å². The third-order valence-electron chi connectivity index (χ3n) is 3.31. The molecule has 1 nitrogen and oxygen atoms in total. The van der Waals surface area contributed by atoms with Crippen LogP contribution in [0.15, 0.2) is 36.4 Å². The molecule has 1 heterocycles. The summed E-state index contributed by atoms with van der Waals surface area (Å²) in [6, 6.07) is 10.6. The summed E-state index contributed by atoms with van der Waals surface area (Å²) in [5.41, 5.74) is 2.30. The van der Waals surface area contributed by atoms with Crippen molar-refractivity contribution in [2.75, 3.05) is 0 Å². The van der Waals surface area contributed by atoms with Crippen molar-refractivity contribution in [2.24, 2.45) is 0 Å². The lowest BCUT2D eigenvalue weighted by Gasteiger charge is -2.28. The van der Waals surface area contributed by atoms with E-state index in [0.717, 1.165) is 5.75 Å². The molecule has 0 fully saturated rings. The molecule has 0 N–H and O–H groups in total. The van der Waals surface area contributed by atoms with E-state index in [2.05, 4.69) is 64.2 Å². The van der Waals surface area contributed by atoms with E-state index in [-0.39, 0.29) is 5.50 Å². The first-order valence-corrected chi connectivity index (χ1v) is 5.97. The first-order valence-electron chi connectivity index (χ1n) is 5.97. The van der Waals surface area contributed by atoms with E-state index < -0.39 is 0 Å². The molecule has 0 spiro atoms. The fourth-order valence-corrected chi connectivity index (χ4v) is 2.38. The van der Waals surface area contributed by atoms with Crippen molar-refractivity contribution in [3.63, 3.8) is 0 Å². The maximum absolute atomic E-state index is 5.98. The van der Waals surface area contributed by atoms with E-state index in [1.807, 2.05) is 0 Å². The Hall–Kier alpha value is -1.70. The van der Waals surface area contributed by atoms with Crippen molar-refractivity contribution in [3.05, 3.63) is 47.5 Å². The standard InChI is InChI=1S/C15H15BO/c1-10-4-3-5-12-11(10)6-7-14-13(12)8-9-15(2,16)17-14/h3-9H,16H2,1-2H3. The SMILES string of the molecule is BC1(C)C=Cc2c(ccc3c(C)cccc23)O1. The summed E-state index contributed by atoms with van der Waals surface area (Å²) in [5.74, 6) is 0.982. The van der Waals surface area contributed by atoms with Crippen LogP contribution in [0.25, 0.3) is 16.8 Å². The topological polar surface area (TPSA) is 9.23 Å². The van der Waals surface area contributed by atoms with Gasteiger partial charge >= 0.3 is 0 Å². The number of rotatable bonds is 0. The van der Waals surface area contributed by atoms with Crippen LogP contribution in [0, 0.1) is 6.92 Å². The number of hydrogen-bond donors (Lipinski definition) is 0. The molecule has 1 atom stereocenters. The lowest BCUT2D eigenvalue weighted by molar-refractivity contribution is 0.224. The predicted octanol–water partition coefficient (Wildman–Crippen LogP) is 2.90. The second-order valence-corrected chi connectivity index (χ2v) is 5.19. The normalized spacial score (nSPS) is 22.2. The van der Waals surface area contributed by atoms with Crippen molar-refractivity contribution >= 4 is 24.7 Å². The van der Waals surface area contributed by atoms with Gasteiger partial charge in [0.15, 0.2) is 7.85 Å². The van der Waals surface area contributed by atoms with E-state index in [1.54, 1.807) is 0 Å². The summed E-state index contributed by atoms with van der Waals surface area (Å²) in [5, 5.41) is 2.58. The molecule has 1 aliphatic heterocycles. The first kappa shape index (κ1) is 10.5. The van der Waals surface area contributed by atoms with E-state index in [9.17, 15) is 0 Å². The van der Waals surface area contributed by atoms with Gasteiger partial charge in [-0.2, -0.15) is 0 Å². The number of ether oxygens (including phenoxy) is 1. The van der Waals surface area contributed by atoms with Gasteiger partial charge in [0.25, 0.3) is 0 Å². The molecule has 17 heavy (non-hydrogen) atoms. The third kappa shape index (κ3) is 1.64. The molecule has 1 aliphatic rings. The Morgan fingerprint density at radius 2 is 1.94 bits per heavy atom. The second kappa shape index (κ2) is 3.40. The zero-order chi connectivity index (χ0) is 12.0. The summed E-state index contributed by atoms with van der Waals surface area (Å²) >= 11 is 0. The first-order chi connectivity index (χ1) is 8.07. The molecule has 2 aromatic rings. The van der Waals surface area contributed by atoms with Crippen molar-refractivity contribution < 1.29 is 4.74 Å². The highest BCUT2D eigenvalue weighted by Gasteiger charge is 2.22. The van der Waals surface area contributed by atoms with Crippen LogP contribution in [0.5, 0.6) is 5.75 Å². The minimum absolute atomic E-state index is 0.204. The van der Waals surface area contributed by atoms with Gasteiger partial charge in [-0.15, -0.1) is 0 Å². The Bertz CT molecular complexity index is 626. The third-order valence-corrected chi connectivity index (χ3v) is 3.31. The van der Waals surface area contributed by atoms with Gasteiger partial charge in [-0.1, -0.05) is 30.3 Å². The van der Waals surface area contributed by atoms with Crippen LogP contribution in [-0.2, 0) is 0 Å². The van der Waals surface area contributed by atoms with Crippen LogP contribution in [0.2, 0.25) is 0 Å². The van der Waals surface area contributed by atoms with Crippen molar-refractivity contribution in [2.45, 2.75) is 19.3 Å². The monoisotopic (exact) mass is 222 g/mol. The number of hydrogen-bond acceptors (Lipinski definition) is 1. The van der Waals surface area contributed by atoms with Crippen LogP contribution in [0.1, 0.15) is 18.1 Å². The quantitative estimate of drug-likeness (QED) is 0.622. The summed E-state index contributed by atoms with van der Waals surface area (Å²) in [6.45, 7) is 4.22. The Morgan fingerprint density at radius 1 is 1.12 bits per heavy atom. The molecule has 1 unspecified atom stereocenters. The highest BCUT2D eigenvalue weighted by atomic mass is 16.5. The van der Waals surface area contributed by atoms with Gasteiger partial charge in [0.05, 0.1) is 5.50 Å². The van der Waals surface area contributed by atoms with E-state index in [4.69, 9.17) is 4.74 Å². The molecule has 0 radical (unpaired) electrons. The molecule has 0 bridgehead atoms. The van der Waals surface area contributed by atoms with E-state index in [1.165, 1.54) is 21.9 Å². The summed E-state index contributed by atoms with van der Waals surface area (Å²) in [6.07, 6.45) is 4.30. The molecule has 2 heteroatoms. The van der Waals surface area contributed by atoms with Crippen LogP contribution < -0.4 is 4.74 Å². The molecule has 0 aliphatic carbocycles. The lowest BCUT2D eigenvalue weighted by Crippen LogP contribution is -2.31. The predicted molar refractivity (Wildman–Crippen MR) is 75.3 cm³/mol. The maximum Gasteiger partial charge on any atom is 0.163 e. The zero-order valence-electron chi connectivity index (χ0n) is 10.4. The minimum atomic E-state index is -0.204. The zero-order valence-corrected chi connectivity index (χ0v) is 10.4. The fraction of sp³-hybridized carbons (Fsp3) is 0.200. The van der Waals surface area contributed by atoms with Crippen LogP contribution in [0.3, 0.4) is 0 Å². The maximum atomic E-state index is 5.98. The Morgan fingerprint density at radius 3 is 2.76 bits per heavy atom. The number of fused-ring (bicyclic) bond motifs is 3. The van der Waals surface area contributed by atoms with Crippen molar-refractivity contribution in [1.82, 2.24) is 0 Å². The molecule has 0 amide bonds. The summed E-state index contributed by atoms with van der Waals surface area (Å²) in [7, 11) is 2.08. The number of benzene rings is 2. The number of aryl methyl sites for hydroxylation is 1. The summed E-state index contributed by atoms with van der Waals surface area (Å²) in [4.78, 5) is 0. The average molecular weight is 222 g/mol. The molecular formula is C15H15BO. The molecular weight excluding hydrogens is 207 g/mol. The molecule has 0 saturated carbocycles. The van der Waals surface area contributed by atoms with Gasteiger partial charge in [-0.3, -0.25) is 0 Å². The van der Waals surface area contributed by atoms with Gasteiger partial charge in [0.2, 0.25) is 0 Å². The van der Waals surface area contributed by atoms with Gasteiger partial charge in [0, 0.05) is 5.56 Å². The minimum Gasteiger partial charge on any atom is -0.492 e. The van der Waals surface area contributed by atoms with E-state index >= 15 is 0 Å². The highest BCUT2D eigenvalue weighted by molar-refractivity contribution is 6.16. The van der Waals surface area contributed by atoms with Gasteiger partial charge in [-0.05, 0) is 42.3 Å². The van der Waals surface area contributed by atoms with Crippen molar-refractivity contribution in [1.29, 1.82) is 0 Å². The Labute approximate surface area is 103 Å². The largest absolute Gasteiger partial charge is 0.492 e. The lowest BCUT2D eigenvalue weighted by atomic mass is 9.81. The van der Waals surface area contributed by atoms with Crippen LogP contribution in [0.4, 0.5) is 0 Å². The van der Waals surface area contributed by atoms with Crippen LogP contribution in [-0.4, -0.2) is 13.3 Å². The smallest absolute Gasteiger partial charge is 0.163 e. The Balaban J connectivity index is 2.32. The van der Waals surface area contributed by atoms with Gasteiger partial charge in [0.1, 0.15) is 5.75 Å². The average Bonchev–Trinajstić information content (AvgIpc) is 2.27. The molecule has 0 saturated heterocycles. The Kier molecular flexibility index (Phi) is 2.09. The van der Waals surface area contributed by atoms with E-state index in [0.29, 0.717) is 0 Å². The van der Waals surface area contributed by atoms with Crippen molar-refractivity contribution in [3.8, 4) is 5.75 Å². The summed E-state index contributed by atoms with van der Waals surface area (Å²) < 4.78 is 5.98. The second-order valence-electron chi connectivity index (χ2n) is 5.19.